The highest BCUT2D eigenvalue weighted by atomic mass is 19.1. The molecule has 0 radical (unpaired) electrons. The molecule has 0 amide bonds. The van der Waals surface area contributed by atoms with E-state index < -0.39 is 18.6 Å². The van der Waals surface area contributed by atoms with E-state index in [4.69, 9.17) is 9.90 Å². The molecule has 1 fully saturated rings. The summed E-state index contributed by atoms with van der Waals surface area (Å²) in [6, 6.07) is 12.6. The summed E-state index contributed by atoms with van der Waals surface area (Å²) in [7, 11) is 2.05. The van der Waals surface area contributed by atoms with Crippen molar-refractivity contribution in [3.8, 4) is 11.1 Å². The van der Waals surface area contributed by atoms with Gasteiger partial charge in [-0.2, -0.15) is 0 Å². The van der Waals surface area contributed by atoms with Gasteiger partial charge >= 0.3 is 0 Å². The van der Waals surface area contributed by atoms with E-state index in [9.17, 15) is 0 Å². The van der Waals surface area contributed by atoms with Crippen LogP contribution in [0.3, 0.4) is 0 Å². The molecule has 0 bridgehead atoms. The Morgan fingerprint density at radius 2 is 1.76 bits per heavy atom. The number of benzene rings is 3. The number of fused-ring (bicyclic) bond motifs is 4. The fourth-order valence-corrected chi connectivity index (χ4v) is 6.76. The molecule has 0 N–H and O–H groups in total. The lowest BCUT2D eigenvalue weighted by atomic mass is 9.76. The maximum Gasteiger partial charge on any atom is 0.185 e. The van der Waals surface area contributed by atoms with Gasteiger partial charge in [-0.05, 0) is 78.4 Å². The van der Waals surface area contributed by atoms with Crippen LogP contribution in [0.4, 0.5) is 4.39 Å². The van der Waals surface area contributed by atoms with E-state index in [2.05, 4.69) is 36.9 Å². The van der Waals surface area contributed by atoms with Crippen LogP contribution in [0.5, 0.6) is 0 Å². The van der Waals surface area contributed by atoms with Crippen LogP contribution < -0.4 is 0 Å². The first-order valence-electron chi connectivity index (χ1n) is 15.6. The molecule has 37 heavy (non-hydrogen) atoms. The number of hydrogen-bond donors (Lipinski definition) is 0. The Hall–Kier alpha value is -3.20. The third-order valence-electron chi connectivity index (χ3n) is 8.79. The fraction of sp³-hybridized carbons (Fsp3) is 0.382. The molecule has 4 aromatic rings. The van der Waals surface area contributed by atoms with Crippen LogP contribution in [0.25, 0.3) is 33.1 Å². The average molecular weight is 497 g/mol. The number of aryl methyl sites for hydroxylation is 2. The first-order chi connectivity index (χ1) is 19.6. The van der Waals surface area contributed by atoms with Gasteiger partial charge in [-0.1, -0.05) is 62.1 Å². The molecule has 2 heterocycles. The van der Waals surface area contributed by atoms with Gasteiger partial charge in [0.2, 0.25) is 0 Å². The number of furan rings is 1. The lowest BCUT2D eigenvalue weighted by Gasteiger charge is -2.29. The van der Waals surface area contributed by atoms with Crippen LogP contribution in [-0.4, -0.2) is 17.8 Å². The Labute approximate surface area is 224 Å². The smallest absolute Gasteiger partial charge is 0.185 e. The Morgan fingerprint density at radius 3 is 2.59 bits per heavy atom. The van der Waals surface area contributed by atoms with E-state index in [-0.39, 0.29) is 24.3 Å². The van der Waals surface area contributed by atoms with Crippen molar-refractivity contribution in [1.29, 1.82) is 0 Å². The van der Waals surface area contributed by atoms with E-state index in [1.165, 1.54) is 6.07 Å². The molecule has 188 valence electrons. The molecule has 3 heteroatoms. The monoisotopic (exact) mass is 496 g/mol. The standard InChI is InChI=1S/C34H35FNO/c1-21-10-15-27-28-16-17-29(35)32(34(28)37-33(27)31(21)30-9-5-6-18-36(30)2)26-14-13-24-19-23(11-12-25(24)20-26)22-7-3-4-8-22/h5-6,10,13-18,20,22-23,30H,3-4,7-9,11-12,19H2,1-2H3/q+1/t23?,30-/m1/s1/i12D2,19D2. The fourth-order valence-electron chi connectivity index (χ4n) is 6.76. The Balaban J connectivity index is 1.41. The highest BCUT2D eigenvalue weighted by Crippen LogP contribution is 2.44. The summed E-state index contributed by atoms with van der Waals surface area (Å²) >= 11 is 0. The summed E-state index contributed by atoms with van der Waals surface area (Å²) in [6.45, 7) is 2.08. The van der Waals surface area contributed by atoms with Gasteiger partial charge < -0.3 is 4.42 Å². The molecule has 3 aliphatic rings. The Kier molecular flexibility index (Phi) is 4.60. The minimum Gasteiger partial charge on any atom is -0.455 e. The molecule has 2 aliphatic carbocycles. The molecule has 1 aliphatic heterocycles. The molecule has 0 spiro atoms. The summed E-state index contributed by atoms with van der Waals surface area (Å²) in [4.78, 5) is 0. The molecule has 2 nitrogen and oxygen atoms in total. The van der Waals surface area contributed by atoms with Gasteiger partial charge in [0.05, 0.1) is 11.1 Å². The second kappa shape index (κ2) is 8.97. The Bertz CT molecular complexity index is 1760. The lowest BCUT2D eigenvalue weighted by molar-refractivity contribution is -0.540. The zero-order valence-electron chi connectivity index (χ0n) is 25.5. The number of halogens is 1. The normalized spacial score (nSPS) is 26.4. The largest absolute Gasteiger partial charge is 0.455 e. The van der Waals surface area contributed by atoms with Crippen LogP contribution in [0.15, 0.2) is 59.0 Å². The van der Waals surface area contributed by atoms with Crippen LogP contribution in [0, 0.1) is 24.6 Å². The van der Waals surface area contributed by atoms with Crippen molar-refractivity contribution in [2.45, 2.75) is 64.2 Å². The van der Waals surface area contributed by atoms with Gasteiger partial charge in [0.1, 0.15) is 24.0 Å². The predicted octanol–water partition coefficient (Wildman–Crippen LogP) is 8.71. The van der Waals surface area contributed by atoms with Gasteiger partial charge in [0.25, 0.3) is 0 Å². The second-order valence-electron chi connectivity index (χ2n) is 11.0. The van der Waals surface area contributed by atoms with E-state index in [0.29, 0.717) is 27.8 Å². The van der Waals surface area contributed by atoms with Crippen molar-refractivity contribution in [3.63, 3.8) is 0 Å². The van der Waals surface area contributed by atoms with Crippen molar-refractivity contribution in [2.75, 3.05) is 7.05 Å². The van der Waals surface area contributed by atoms with Crippen LogP contribution in [0.1, 0.15) is 72.3 Å². The first kappa shape index (κ1) is 19.0. The number of nitrogens with zero attached hydrogens (tertiary/aromatic N) is 1. The molecule has 1 unspecified atom stereocenters. The first-order valence-corrected chi connectivity index (χ1v) is 13.6. The molecular formula is C34H35FNO+. The third kappa shape index (κ3) is 3.77. The molecule has 7 rings (SSSR count). The van der Waals surface area contributed by atoms with Crippen molar-refractivity contribution in [1.82, 2.24) is 0 Å². The lowest BCUT2D eigenvalue weighted by Crippen LogP contribution is -2.20. The van der Waals surface area contributed by atoms with Crippen LogP contribution in [0.2, 0.25) is 0 Å². The van der Waals surface area contributed by atoms with Gasteiger partial charge in [0.15, 0.2) is 12.3 Å². The quantitative estimate of drug-likeness (QED) is 0.259. The number of rotatable bonds is 3. The molecule has 1 saturated carbocycles. The molecule has 3 aromatic carbocycles. The summed E-state index contributed by atoms with van der Waals surface area (Å²) in [5, 5.41) is 1.74. The highest BCUT2D eigenvalue weighted by Gasteiger charge is 2.30. The topological polar surface area (TPSA) is 16.1 Å². The van der Waals surface area contributed by atoms with Gasteiger partial charge in [-0.25, -0.2) is 8.97 Å². The summed E-state index contributed by atoms with van der Waals surface area (Å²) in [6.07, 6.45) is 7.97. The zero-order valence-corrected chi connectivity index (χ0v) is 21.5. The van der Waals surface area contributed by atoms with Crippen LogP contribution >= 0.6 is 0 Å². The second-order valence-corrected chi connectivity index (χ2v) is 11.0. The van der Waals surface area contributed by atoms with Gasteiger partial charge in [-0.15, -0.1) is 0 Å². The average Bonchev–Trinajstić information content (AvgIpc) is 3.60. The zero-order chi connectivity index (χ0) is 28.7. The predicted molar refractivity (Wildman–Crippen MR) is 150 cm³/mol. The van der Waals surface area contributed by atoms with Crippen molar-refractivity contribution < 1.29 is 18.9 Å². The van der Waals surface area contributed by atoms with E-state index >= 15 is 4.39 Å². The minimum atomic E-state index is -1.71. The van der Waals surface area contributed by atoms with Gasteiger partial charge in [0, 0.05) is 22.7 Å². The molecule has 0 saturated heterocycles. The molecule has 1 aromatic heterocycles. The van der Waals surface area contributed by atoms with Gasteiger partial charge in [-0.3, -0.25) is 0 Å². The summed E-state index contributed by atoms with van der Waals surface area (Å²) in [5.41, 5.74) is 4.90. The maximum atomic E-state index is 15.7. The van der Waals surface area contributed by atoms with E-state index in [1.807, 2.05) is 12.1 Å². The highest BCUT2D eigenvalue weighted by molar-refractivity contribution is 6.10. The molecule has 2 atom stereocenters. The van der Waals surface area contributed by atoms with Crippen molar-refractivity contribution in [2.24, 2.45) is 11.8 Å². The Morgan fingerprint density at radius 1 is 0.946 bits per heavy atom. The van der Waals surface area contributed by atoms with Crippen LogP contribution in [-0.2, 0) is 12.7 Å². The minimum absolute atomic E-state index is 0.101. The third-order valence-corrected chi connectivity index (χ3v) is 8.79. The summed E-state index contributed by atoms with van der Waals surface area (Å²) < 4.78 is 60.6. The van der Waals surface area contributed by atoms with Crippen molar-refractivity contribution >= 4 is 28.2 Å². The summed E-state index contributed by atoms with van der Waals surface area (Å²) in [5.74, 6) is -0.604. The number of allylic oxidation sites excluding steroid dienone is 1. The van der Waals surface area contributed by atoms with Crippen molar-refractivity contribution in [3.05, 3.63) is 82.7 Å². The van der Waals surface area contributed by atoms with E-state index in [1.54, 1.807) is 24.3 Å². The van der Waals surface area contributed by atoms with E-state index in [0.717, 1.165) is 59.6 Å². The SMILES string of the molecule is [2H]C1([2H])CC(C2CCCC2)C([2H])([2H])c2ccc(-c3c(F)ccc4c3oc3c([C@H]5CC=CC=[N+]5C)c(C)ccc34)cc21. The molecular weight excluding hydrogens is 457 g/mol. The number of hydrogen-bond acceptors (Lipinski definition) is 1. The maximum absolute atomic E-state index is 15.7.